The standard InChI is InChI=1S/C17H22N2O/c1-17(2,3)19-10-12-9-13(19)14-15(18-20-16(12)14)11-7-5-4-6-8-11/h4-8,12-14,16H,9-10H2,1-3H3/t12-,13-,14-,16-/m0/s1. The lowest BCUT2D eigenvalue weighted by molar-refractivity contribution is -0.0158. The van der Waals surface area contributed by atoms with Crippen molar-refractivity contribution in [2.24, 2.45) is 17.0 Å². The van der Waals surface area contributed by atoms with Gasteiger partial charge in [0.2, 0.25) is 0 Å². The van der Waals surface area contributed by atoms with Gasteiger partial charge in [0.25, 0.3) is 0 Å². The average Bonchev–Trinajstić information content (AvgIpc) is 3.10. The zero-order valence-electron chi connectivity index (χ0n) is 12.4. The number of benzene rings is 1. The molecule has 2 fully saturated rings. The first-order valence-electron chi connectivity index (χ1n) is 7.61. The van der Waals surface area contributed by atoms with Crippen molar-refractivity contribution in [3.8, 4) is 0 Å². The van der Waals surface area contributed by atoms with Gasteiger partial charge < -0.3 is 4.84 Å². The van der Waals surface area contributed by atoms with Crippen LogP contribution in [0.5, 0.6) is 0 Å². The summed E-state index contributed by atoms with van der Waals surface area (Å²) in [6, 6.07) is 11.1. The van der Waals surface area contributed by atoms with Crippen LogP contribution in [0.3, 0.4) is 0 Å². The molecule has 1 saturated carbocycles. The fourth-order valence-electron chi connectivity index (χ4n) is 4.28. The van der Waals surface area contributed by atoms with Crippen LogP contribution in [0.25, 0.3) is 0 Å². The average molecular weight is 270 g/mol. The molecule has 0 aromatic heterocycles. The van der Waals surface area contributed by atoms with E-state index in [1.54, 1.807) is 0 Å². The van der Waals surface area contributed by atoms with Crippen molar-refractivity contribution in [3.05, 3.63) is 35.9 Å². The summed E-state index contributed by atoms with van der Waals surface area (Å²) < 4.78 is 0. The van der Waals surface area contributed by atoms with Crippen LogP contribution in [0.15, 0.2) is 35.5 Å². The molecule has 2 aliphatic heterocycles. The molecule has 1 saturated heterocycles. The first-order chi connectivity index (χ1) is 9.55. The summed E-state index contributed by atoms with van der Waals surface area (Å²) in [5.41, 5.74) is 2.62. The van der Waals surface area contributed by atoms with Crippen LogP contribution in [0, 0.1) is 11.8 Å². The van der Waals surface area contributed by atoms with E-state index in [-0.39, 0.29) is 5.54 Å². The van der Waals surface area contributed by atoms with Gasteiger partial charge in [0.05, 0.1) is 11.6 Å². The minimum Gasteiger partial charge on any atom is -0.391 e. The molecule has 106 valence electrons. The third kappa shape index (κ3) is 1.65. The smallest absolute Gasteiger partial charge is 0.141 e. The summed E-state index contributed by atoms with van der Waals surface area (Å²) >= 11 is 0. The molecule has 1 aromatic carbocycles. The molecule has 20 heavy (non-hydrogen) atoms. The quantitative estimate of drug-likeness (QED) is 0.784. The van der Waals surface area contributed by atoms with Gasteiger partial charge >= 0.3 is 0 Å². The molecular weight excluding hydrogens is 248 g/mol. The van der Waals surface area contributed by atoms with E-state index in [2.05, 4.69) is 61.2 Å². The summed E-state index contributed by atoms with van der Waals surface area (Å²) in [5, 5.41) is 4.44. The van der Waals surface area contributed by atoms with E-state index in [0.29, 0.717) is 24.0 Å². The van der Waals surface area contributed by atoms with Gasteiger partial charge in [0.1, 0.15) is 6.10 Å². The zero-order valence-corrected chi connectivity index (χ0v) is 12.4. The fourth-order valence-corrected chi connectivity index (χ4v) is 4.28. The first kappa shape index (κ1) is 12.4. The minimum atomic E-state index is 0.231. The Morgan fingerprint density at radius 1 is 1.20 bits per heavy atom. The van der Waals surface area contributed by atoms with Crippen LogP contribution in [0.2, 0.25) is 0 Å². The maximum absolute atomic E-state index is 5.80. The second kappa shape index (κ2) is 4.08. The van der Waals surface area contributed by atoms with Crippen molar-refractivity contribution < 1.29 is 4.84 Å². The molecule has 4 atom stereocenters. The SMILES string of the molecule is CC(C)(C)N1C[C@@H]2C[C@H]1[C@H]1C(c3ccccc3)=NO[C@@H]21. The Hall–Kier alpha value is -1.35. The Morgan fingerprint density at radius 3 is 2.65 bits per heavy atom. The number of rotatable bonds is 1. The predicted octanol–water partition coefficient (Wildman–Crippen LogP) is 2.91. The Kier molecular flexibility index (Phi) is 2.53. The highest BCUT2D eigenvalue weighted by Gasteiger charge is 2.59. The largest absolute Gasteiger partial charge is 0.391 e. The monoisotopic (exact) mass is 270 g/mol. The van der Waals surface area contributed by atoms with E-state index < -0.39 is 0 Å². The fraction of sp³-hybridized carbons (Fsp3) is 0.588. The molecule has 0 spiro atoms. The molecule has 1 aromatic rings. The van der Waals surface area contributed by atoms with Crippen molar-refractivity contribution in [2.75, 3.05) is 6.54 Å². The van der Waals surface area contributed by atoms with Crippen LogP contribution in [0.4, 0.5) is 0 Å². The van der Waals surface area contributed by atoms with E-state index in [0.717, 1.165) is 12.3 Å². The molecule has 4 rings (SSSR count). The third-order valence-electron chi connectivity index (χ3n) is 5.13. The van der Waals surface area contributed by atoms with Gasteiger partial charge in [-0.3, -0.25) is 4.90 Å². The van der Waals surface area contributed by atoms with Gasteiger partial charge in [-0.2, -0.15) is 0 Å². The number of piperidine rings is 1. The lowest BCUT2D eigenvalue weighted by Crippen LogP contribution is -2.53. The molecule has 3 aliphatic rings. The van der Waals surface area contributed by atoms with Crippen molar-refractivity contribution in [3.63, 3.8) is 0 Å². The number of oxime groups is 1. The van der Waals surface area contributed by atoms with Crippen LogP contribution in [-0.2, 0) is 4.84 Å². The number of hydrogen-bond acceptors (Lipinski definition) is 3. The van der Waals surface area contributed by atoms with E-state index in [1.807, 2.05) is 0 Å². The molecule has 3 nitrogen and oxygen atoms in total. The second-order valence-corrected chi connectivity index (χ2v) is 7.32. The molecule has 2 heterocycles. The Labute approximate surface area is 120 Å². The van der Waals surface area contributed by atoms with E-state index in [4.69, 9.17) is 4.84 Å². The van der Waals surface area contributed by atoms with E-state index >= 15 is 0 Å². The van der Waals surface area contributed by atoms with Crippen LogP contribution in [-0.4, -0.2) is 34.8 Å². The van der Waals surface area contributed by atoms with E-state index in [1.165, 1.54) is 12.0 Å². The predicted molar refractivity (Wildman–Crippen MR) is 79.7 cm³/mol. The summed E-state index contributed by atoms with van der Waals surface area (Å²) in [5.74, 6) is 1.10. The third-order valence-corrected chi connectivity index (χ3v) is 5.13. The van der Waals surface area contributed by atoms with Crippen LogP contribution >= 0.6 is 0 Å². The second-order valence-electron chi connectivity index (χ2n) is 7.32. The van der Waals surface area contributed by atoms with Gasteiger partial charge in [0, 0.05) is 24.0 Å². The van der Waals surface area contributed by atoms with Gasteiger partial charge in [-0.05, 0) is 32.8 Å². The number of nitrogens with zero attached hydrogens (tertiary/aromatic N) is 2. The van der Waals surface area contributed by atoms with E-state index in [9.17, 15) is 0 Å². The summed E-state index contributed by atoms with van der Waals surface area (Å²) in [4.78, 5) is 8.46. The molecule has 2 bridgehead atoms. The lowest BCUT2D eigenvalue weighted by atomic mass is 9.85. The van der Waals surface area contributed by atoms with Crippen molar-refractivity contribution in [2.45, 2.75) is 44.9 Å². The van der Waals surface area contributed by atoms with Gasteiger partial charge in [-0.1, -0.05) is 35.5 Å². The van der Waals surface area contributed by atoms with Gasteiger partial charge in [0.15, 0.2) is 0 Å². The molecule has 1 aliphatic carbocycles. The van der Waals surface area contributed by atoms with Crippen molar-refractivity contribution in [1.82, 2.24) is 4.90 Å². The summed E-state index contributed by atoms with van der Waals surface area (Å²) in [6.07, 6.45) is 1.58. The summed E-state index contributed by atoms with van der Waals surface area (Å²) in [6.45, 7) is 8.11. The first-order valence-corrected chi connectivity index (χ1v) is 7.61. The number of hydrogen-bond donors (Lipinski definition) is 0. The molecular formula is C17H22N2O. The van der Waals surface area contributed by atoms with Crippen molar-refractivity contribution >= 4 is 5.71 Å². The summed E-state index contributed by atoms with van der Waals surface area (Å²) in [7, 11) is 0. The number of fused-ring (bicyclic) bond motifs is 5. The molecule has 0 radical (unpaired) electrons. The minimum absolute atomic E-state index is 0.231. The highest BCUT2D eigenvalue weighted by Crippen LogP contribution is 2.49. The molecule has 0 unspecified atom stereocenters. The molecule has 0 N–H and O–H groups in total. The maximum atomic E-state index is 5.80. The van der Waals surface area contributed by atoms with Crippen LogP contribution < -0.4 is 0 Å². The number of likely N-dealkylation sites (tertiary alicyclic amines) is 1. The van der Waals surface area contributed by atoms with Crippen LogP contribution in [0.1, 0.15) is 32.8 Å². The highest BCUT2D eigenvalue weighted by atomic mass is 16.6. The Morgan fingerprint density at radius 2 is 1.95 bits per heavy atom. The highest BCUT2D eigenvalue weighted by molar-refractivity contribution is 6.03. The topological polar surface area (TPSA) is 24.8 Å². The van der Waals surface area contributed by atoms with Gasteiger partial charge in [-0.25, -0.2) is 0 Å². The van der Waals surface area contributed by atoms with Gasteiger partial charge in [-0.15, -0.1) is 0 Å². The molecule has 3 heteroatoms. The Bertz CT molecular complexity index is 546. The molecule has 0 amide bonds. The Balaban J connectivity index is 1.67. The maximum Gasteiger partial charge on any atom is 0.141 e. The van der Waals surface area contributed by atoms with Crippen molar-refractivity contribution in [1.29, 1.82) is 0 Å². The normalized spacial score (nSPS) is 35.9. The zero-order chi connectivity index (χ0) is 13.9. The lowest BCUT2D eigenvalue weighted by Gasteiger charge is -2.42.